The fourth-order valence-corrected chi connectivity index (χ4v) is 3.08. The van der Waals surface area contributed by atoms with Gasteiger partial charge in [0.25, 0.3) is 0 Å². The summed E-state index contributed by atoms with van der Waals surface area (Å²) in [6.45, 7) is 5.38. The Labute approximate surface area is 199 Å². The number of rotatable bonds is 10. The van der Waals surface area contributed by atoms with E-state index < -0.39 is 0 Å². The van der Waals surface area contributed by atoms with Gasteiger partial charge in [0.05, 0.1) is 0 Å². The van der Waals surface area contributed by atoms with Crippen molar-refractivity contribution in [3.8, 4) is 0 Å². The fourth-order valence-electron chi connectivity index (χ4n) is 2.82. The molecular weight excluding hydrogens is 466 g/mol. The molecule has 0 radical (unpaired) electrons. The maximum absolute atomic E-state index is 5.36. The van der Waals surface area contributed by atoms with E-state index in [2.05, 4.69) is 60.2 Å². The SMILES string of the molecule is CCCNc1ccccn1.NC(N)=NCCCN(Cc1ccc(Br)cc1)c1ccccn1. The van der Waals surface area contributed by atoms with Crippen LogP contribution < -0.4 is 21.7 Å². The first-order chi connectivity index (χ1) is 15.6. The van der Waals surface area contributed by atoms with Gasteiger partial charge in [-0.25, -0.2) is 9.97 Å². The Bertz CT molecular complexity index is 899. The van der Waals surface area contributed by atoms with Crippen LogP contribution in [-0.4, -0.2) is 35.6 Å². The van der Waals surface area contributed by atoms with Gasteiger partial charge < -0.3 is 21.7 Å². The van der Waals surface area contributed by atoms with Crippen molar-refractivity contribution in [2.24, 2.45) is 16.5 Å². The molecule has 0 aliphatic carbocycles. The van der Waals surface area contributed by atoms with Crippen LogP contribution in [0.1, 0.15) is 25.3 Å². The zero-order chi connectivity index (χ0) is 23.0. The molecule has 32 heavy (non-hydrogen) atoms. The molecule has 3 rings (SSSR count). The van der Waals surface area contributed by atoms with Gasteiger partial charge in [-0.05, 0) is 54.8 Å². The minimum absolute atomic E-state index is 0.136. The number of aromatic nitrogens is 2. The highest BCUT2D eigenvalue weighted by Gasteiger charge is 2.08. The number of nitrogens with one attached hydrogen (secondary N) is 1. The van der Waals surface area contributed by atoms with Crippen molar-refractivity contribution in [1.29, 1.82) is 0 Å². The lowest BCUT2D eigenvalue weighted by atomic mass is 10.2. The summed E-state index contributed by atoms with van der Waals surface area (Å²) in [5, 5.41) is 3.18. The van der Waals surface area contributed by atoms with Crippen LogP contribution in [-0.2, 0) is 6.54 Å². The first-order valence-electron chi connectivity index (χ1n) is 10.7. The highest BCUT2D eigenvalue weighted by atomic mass is 79.9. The van der Waals surface area contributed by atoms with Crippen LogP contribution in [0.3, 0.4) is 0 Å². The molecule has 2 heterocycles. The number of benzene rings is 1. The third kappa shape index (κ3) is 10.3. The molecule has 1 aromatic carbocycles. The van der Waals surface area contributed by atoms with E-state index in [9.17, 15) is 0 Å². The number of nitrogens with two attached hydrogens (primary N) is 2. The van der Waals surface area contributed by atoms with Crippen molar-refractivity contribution in [3.05, 3.63) is 83.1 Å². The molecule has 0 unspecified atom stereocenters. The topological polar surface area (TPSA) is 105 Å². The van der Waals surface area contributed by atoms with Crippen LogP contribution in [0, 0.1) is 0 Å². The van der Waals surface area contributed by atoms with E-state index in [0.717, 1.165) is 48.6 Å². The van der Waals surface area contributed by atoms with E-state index in [0.29, 0.717) is 6.54 Å². The number of halogens is 1. The van der Waals surface area contributed by atoms with Gasteiger partial charge in [-0.15, -0.1) is 0 Å². The number of hydrogen-bond donors (Lipinski definition) is 3. The predicted octanol–water partition coefficient (Wildman–Crippen LogP) is 4.42. The largest absolute Gasteiger partial charge is 0.370 e. The summed E-state index contributed by atoms with van der Waals surface area (Å²) in [5.74, 6) is 2.05. The first-order valence-corrected chi connectivity index (χ1v) is 11.5. The van der Waals surface area contributed by atoms with Crippen LogP contribution in [0.4, 0.5) is 11.6 Å². The third-order valence-corrected chi connectivity index (χ3v) is 4.89. The average Bonchev–Trinajstić information content (AvgIpc) is 2.82. The number of hydrogen-bond acceptors (Lipinski definition) is 5. The van der Waals surface area contributed by atoms with Crippen molar-refractivity contribution in [2.45, 2.75) is 26.3 Å². The number of nitrogens with zero attached hydrogens (tertiary/aromatic N) is 4. The Morgan fingerprint density at radius 3 is 2.31 bits per heavy atom. The molecule has 0 saturated carbocycles. The highest BCUT2D eigenvalue weighted by Crippen LogP contribution is 2.16. The van der Waals surface area contributed by atoms with E-state index >= 15 is 0 Å². The zero-order valence-electron chi connectivity index (χ0n) is 18.5. The standard InChI is InChI=1S/C16H20BrN5.C8H12N2/c17-14-7-5-13(6-8-14)12-22(11-3-10-21-16(18)19)15-4-1-2-9-20-15;1-2-6-9-8-5-3-4-7-10-8/h1-2,4-9H,3,10-12H2,(H4,18,19,21);3-5,7H,2,6H2,1H3,(H,9,10). The molecular formula is C24H32BrN7. The summed E-state index contributed by atoms with van der Waals surface area (Å²) in [6.07, 6.45) is 5.60. The Morgan fingerprint density at radius 2 is 1.72 bits per heavy atom. The van der Waals surface area contributed by atoms with Gasteiger partial charge in [0.1, 0.15) is 11.6 Å². The molecule has 5 N–H and O–H groups in total. The van der Waals surface area contributed by atoms with Gasteiger partial charge in [-0.2, -0.15) is 0 Å². The number of anilines is 2. The van der Waals surface area contributed by atoms with E-state index in [-0.39, 0.29) is 5.96 Å². The molecule has 3 aromatic rings. The Morgan fingerprint density at radius 1 is 1.00 bits per heavy atom. The molecule has 0 saturated heterocycles. The van der Waals surface area contributed by atoms with Crippen molar-refractivity contribution in [3.63, 3.8) is 0 Å². The Kier molecular flexibility index (Phi) is 11.6. The molecule has 8 heteroatoms. The smallest absolute Gasteiger partial charge is 0.185 e. The maximum atomic E-state index is 5.36. The second-order valence-corrected chi connectivity index (χ2v) is 7.95. The summed E-state index contributed by atoms with van der Waals surface area (Å²) in [7, 11) is 0. The van der Waals surface area contributed by atoms with Gasteiger partial charge in [-0.1, -0.05) is 47.1 Å². The molecule has 0 aliphatic rings. The van der Waals surface area contributed by atoms with Crippen molar-refractivity contribution in [1.82, 2.24) is 9.97 Å². The number of aliphatic imine (C=N–C) groups is 1. The van der Waals surface area contributed by atoms with Crippen LogP contribution in [0.5, 0.6) is 0 Å². The lowest BCUT2D eigenvalue weighted by molar-refractivity contribution is 0.726. The van der Waals surface area contributed by atoms with E-state index in [1.54, 1.807) is 12.4 Å². The third-order valence-electron chi connectivity index (χ3n) is 4.36. The monoisotopic (exact) mass is 497 g/mol. The van der Waals surface area contributed by atoms with Gasteiger partial charge in [-0.3, -0.25) is 4.99 Å². The molecule has 2 aromatic heterocycles. The Balaban J connectivity index is 0.000000303. The Hall–Kier alpha value is -3.13. The van der Waals surface area contributed by atoms with Crippen LogP contribution in [0.15, 0.2) is 82.5 Å². The summed E-state index contributed by atoms with van der Waals surface area (Å²) in [4.78, 5) is 14.8. The van der Waals surface area contributed by atoms with Crippen molar-refractivity contribution < 1.29 is 0 Å². The number of guanidine groups is 1. The first kappa shape index (κ1) is 25.1. The highest BCUT2D eigenvalue weighted by molar-refractivity contribution is 9.10. The van der Waals surface area contributed by atoms with Gasteiger partial charge in [0.2, 0.25) is 0 Å². The van der Waals surface area contributed by atoms with E-state index in [1.807, 2.05) is 48.5 Å². The average molecular weight is 498 g/mol. The lowest BCUT2D eigenvalue weighted by Crippen LogP contribution is -2.26. The van der Waals surface area contributed by atoms with E-state index in [4.69, 9.17) is 11.5 Å². The van der Waals surface area contributed by atoms with Gasteiger partial charge in [0.15, 0.2) is 5.96 Å². The molecule has 0 fully saturated rings. The lowest BCUT2D eigenvalue weighted by Gasteiger charge is -2.23. The van der Waals surface area contributed by atoms with Crippen LogP contribution in [0.25, 0.3) is 0 Å². The normalized spacial score (nSPS) is 9.94. The van der Waals surface area contributed by atoms with E-state index in [1.165, 1.54) is 5.56 Å². The minimum Gasteiger partial charge on any atom is -0.370 e. The minimum atomic E-state index is 0.136. The predicted molar refractivity (Wildman–Crippen MR) is 138 cm³/mol. The second-order valence-electron chi connectivity index (χ2n) is 7.04. The summed E-state index contributed by atoms with van der Waals surface area (Å²) < 4.78 is 1.08. The molecule has 0 spiro atoms. The van der Waals surface area contributed by atoms with Gasteiger partial charge in [0, 0.05) is 43.0 Å². The van der Waals surface area contributed by atoms with Crippen LogP contribution >= 0.6 is 15.9 Å². The molecule has 170 valence electrons. The van der Waals surface area contributed by atoms with Crippen molar-refractivity contribution >= 4 is 33.5 Å². The van der Waals surface area contributed by atoms with Crippen molar-refractivity contribution in [2.75, 3.05) is 29.9 Å². The second kappa shape index (κ2) is 14.8. The zero-order valence-corrected chi connectivity index (χ0v) is 20.1. The number of pyridine rings is 2. The summed E-state index contributed by atoms with van der Waals surface area (Å²) >= 11 is 3.46. The fraction of sp³-hybridized carbons (Fsp3) is 0.292. The maximum Gasteiger partial charge on any atom is 0.185 e. The molecule has 0 bridgehead atoms. The quantitative estimate of drug-likeness (QED) is 0.217. The molecule has 0 atom stereocenters. The molecule has 0 amide bonds. The van der Waals surface area contributed by atoms with Gasteiger partial charge >= 0.3 is 0 Å². The van der Waals surface area contributed by atoms with Crippen LogP contribution in [0.2, 0.25) is 0 Å². The summed E-state index contributed by atoms with van der Waals surface area (Å²) in [5.41, 5.74) is 11.9. The molecule has 0 aliphatic heterocycles. The molecule has 7 nitrogen and oxygen atoms in total. The summed E-state index contributed by atoms with van der Waals surface area (Å²) in [6, 6.07) is 20.1.